The summed E-state index contributed by atoms with van der Waals surface area (Å²) >= 11 is 0. The van der Waals surface area contributed by atoms with E-state index >= 15 is 0 Å². The van der Waals surface area contributed by atoms with E-state index in [1.54, 1.807) is 0 Å². The first-order valence-electron chi connectivity index (χ1n) is 11.3. The first-order valence-corrected chi connectivity index (χ1v) is 11.3. The summed E-state index contributed by atoms with van der Waals surface area (Å²) in [5.74, 6) is 0.656. The van der Waals surface area contributed by atoms with Crippen LogP contribution in [-0.2, 0) is 20.8 Å². The molecule has 0 saturated carbocycles. The maximum Gasteiger partial charge on any atom is 0.306 e. The number of amides is 1. The predicted octanol–water partition coefficient (Wildman–Crippen LogP) is 4.17. The summed E-state index contributed by atoms with van der Waals surface area (Å²) in [5, 5.41) is 9.47. The Morgan fingerprint density at radius 1 is 1.27 bits per heavy atom. The van der Waals surface area contributed by atoms with Gasteiger partial charge in [-0.2, -0.15) is 0 Å². The lowest BCUT2D eigenvalue weighted by atomic mass is 10.1. The average molecular weight is 455 g/mol. The highest BCUT2D eigenvalue weighted by molar-refractivity contribution is 6.03. The summed E-state index contributed by atoms with van der Waals surface area (Å²) in [5.41, 5.74) is 2.87. The number of aryl methyl sites for hydroxylation is 1. The Hall–Kier alpha value is -3.13. The Morgan fingerprint density at radius 2 is 2.06 bits per heavy atom. The molecule has 0 spiro atoms. The van der Waals surface area contributed by atoms with Crippen molar-refractivity contribution < 1.29 is 19.1 Å². The lowest BCUT2D eigenvalue weighted by Crippen LogP contribution is -2.29. The zero-order valence-electron chi connectivity index (χ0n) is 20.1. The Labute approximate surface area is 195 Å². The molecule has 0 aliphatic carbocycles. The first kappa shape index (κ1) is 24.5. The number of pyridine rings is 1. The summed E-state index contributed by atoms with van der Waals surface area (Å²) in [4.78, 5) is 29.4. The SMILES string of the molecule is CCOC[C@@H](CNc1cc2c(c(Nc3cccc(C)c3)n1)C(=O)NC2)CC(=O)OC(C)(C)C. The molecular formula is C25H34N4O4. The van der Waals surface area contributed by atoms with Crippen molar-refractivity contribution in [3.63, 3.8) is 0 Å². The molecule has 2 aromatic rings. The van der Waals surface area contributed by atoms with Crippen molar-refractivity contribution in [1.82, 2.24) is 10.3 Å². The minimum absolute atomic E-state index is 0.0807. The Morgan fingerprint density at radius 3 is 2.76 bits per heavy atom. The van der Waals surface area contributed by atoms with Gasteiger partial charge in [0.05, 0.1) is 18.6 Å². The van der Waals surface area contributed by atoms with Gasteiger partial charge >= 0.3 is 5.97 Å². The molecule has 1 aromatic heterocycles. The van der Waals surface area contributed by atoms with E-state index in [4.69, 9.17) is 9.47 Å². The number of anilines is 3. The van der Waals surface area contributed by atoms with Gasteiger partial charge in [0.25, 0.3) is 5.91 Å². The predicted molar refractivity (Wildman–Crippen MR) is 129 cm³/mol. The van der Waals surface area contributed by atoms with Gasteiger partial charge in [-0.1, -0.05) is 12.1 Å². The molecule has 3 N–H and O–H groups in total. The van der Waals surface area contributed by atoms with Crippen molar-refractivity contribution in [3.8, 4) is 0 Å². The van der Waals surface area contributed by atoms with E-state index in [0.29, 0.717) is 43.5 Å². The summed E-state index contributed by atoms with van der Waals surface area (Å²) in [7, 11) is 0. The standard InChI is InChI=1S/C25H34N4O4/c1-6-32-15-17(11-21(30)33-25(3,4)5)13-26-20-12-18-14-27-24(31)22(18)23(29-20)28-19-9-7-8-16(2)10-19/h7-10,12,17H,6,11,13-15H2,1-5H3,(H,27,31)(H2,26,28,29)/t17-/m1/s1. The van der Waals surface area contributed by atoms with Gasteiger partial charge in [-0.05, 0) is 63.9 Å². The van der Waals surface area contributed by atoms with E-state index in [2.05, 4.69) is 20.9 Å². The van der Waals surface area contributed by atoms with Crippen LogP contribution in [-0.4, -0.2) is 42.2 Å². The van der Waals surface area contributed by atoms with E-state index < -0.39 is 5.60 Å². The van der Waals surface area contributed by atoms with Crippen molar-refractivity contribution in [2.24, 2.45) is 5.92 Å². The Bertz CT molecular complexity index is 1000. The zero-order valence-corrected chi connectivity index (χ0v) is 20.1. The molecule has 0 bridgehead atoms. The van der Waals surface area contributed by atoms with Crippen LogP contribution in [0, 0.1) is 12.8 Å². The van der Waals surface area contributed by atoms with Gasteiger partial charge in [-0.25, -0.2) is 4.98 Å². The number of ether oxygens (including phenoxy) is 2. The number of nitrogens with one attached hydrogen (secondary N) is 3. The number of hydrogen-bond donors (Lipinski definition) is 3. The van der Waals surface area contributed by atoms with Gasteiger partial charge in [0, 0.05) is 31.3 Å². The number of fused-ring (bicyclic) bond motifs is 1. The summed E-state index contributed by atoms with van der Waals surface area (Å²) in [6, 6.07) is 9.78. The molecule has 1 atom stereocenters. The number of carbonyl (C=O) groups is 2. The van der Waals surface area contributed by atoms with Crippen molar-refractivity contribution >= 4 is 29.2 Å². The van der Waals surface area contributed by atoms with Crippen LogP contribution in [0.25, 0.3) is 0 Å². The van der Waals surface area contributed by atoms with Crippen molar-refractivity contribution in [1.29, 1.82) is 0 Å². The second-order valence-electron chi connectivity index (χ2n) is 9.26. The molecule has 8 heteroatoms. The number of nitrogens with zero attached hydrogens (tertiary/aromatic N) is 1. The van der Waals surface area contributed by atoms with Crippen molar-refractivity contribution in [3.05, 3.63) is 47.0 Å². The molecule has 1 aliphatic rings. The molecule has 0 saturated heterocycles. The van der Waals surface area contributed by atoms with Gasteiger partial charge in [0.2, 0.25) is 0 Å². The third kappa shape index (κ3) is 7.18. The van der Waals surface area contributed by atoms with Crippen LogP contribution >= 0.6 is 0 Å². The van der Waals surface area contributed by atoms with E-state index in [1.165, 1.54) is 0 Å². The van der Waals surface area contributed by atoms with Crippen LogP contribution in [0.1, 0.15) is 55.6 Å². The lowest BCUT2D eigenvalue weighted by molar-refractivity contribution is -0.156. The zero-order chi connectivity index (χ0) is 24.0. The average Bonchev–Trinajstić information content (AvgIpc) is 3.09. The third-order valence-corrected chi connectivity index (χ3v) is 5.05. The highest BCUT2D eigenvalue weighted by Gasteiger charge is 2.26. The molecule has 3 rings (SSSR count). The summed E-state index contributed by atoms with van der Waals surface area (Å²) < 4.78 is 11.1. The fourth-order valence-electron chi connectivity index (χ4n) is 3.64. The molecule has 8 nitrogen and oxygen atoms in total. The minimum atomic E-state index is -0.530. The molecule has 178 valence electrons. The van der Waals surface area contributed by atoms with Gasteiger partial charge in [-0.3, -0.25) is 9.59 Å². The second-order valence-corrected chi connectivity index (χ2v) is 9.26. The quantitative estimate of drug-likeness (QED) is 0.463. The van der Waals surface area contributed by atoms with Gasteiger partial charge in [-0.15, -0.1) is 0 Å². The number of carbonyl (C=O) groups excluding carboxylic acids is 2. The number of benzene rings is 1. The van der Waals surface area contributed by atoms with E-state index in [1.807, 2.05) is 65.0 Å². The van der Waals surface area contributed by atoms with E-state index in [-0.39, 0.29) is 24.2 Å². The van der Waals surface area contributed by atoms with Crippen LogP contribution in [0.4, 0.5) is 17.3 Å². The van der Waals surface area contributed by atoms with Gasteiger partial charge < -0.3 is 25.4 Å². The molecular weight excluding hydrogens is 420 g/mol. The van der Waals surface area contributed by atoms with Crippen LogP contribution in [0.5, 0.6) is 0 Å². The topological polar surface area (TPSA) is 102 Å². The summed E-state index contributed by atoms with van der Waals surface area (Å²) in [6.45, 7) is 11.4. The third-order valence-electron chi connectivity index (χ3n) is 5.05. The van der Waals surface area contributed by atoms with Crippen LogP contribution in [0.15, 0.2) is 30.3 Å². The molecule has 0 fully saturated rings. The molecule has 1 aliphatic heterocycles. The van der Waals surface area contributed by atoms with E-state index in [0.717, 1.165) is 16.8 Å². The fraction of sp³-hybridized carbons (Fsp3) is 0.480. The Balaban J connectivity index is 1.76. The van der Waals surface area contributed by atoms with Crippen LogP contribution in [0.3, 0.4) is 0 Å². The Kier molecular flexibility index (Phi) is 7.92. The number of esters is 1. The largest absolute Gasteiger partial charge is 0.460 e. The number of rotatable bonds is 10. The van der Waals surface area contributed by atoms with E-state index in [9.17, 15) is 9.59 Å². The molecule has 2 heterocycles. The highest BCUT2D eigenvalue weighted by atomic mass is 16.6. The highest BCUT2D eigenvalue weighted by Crippen LogP contribution is 2.28. The molecule has 1 aromatic carbocycles. The van der Waals surface area contributed by atoms with Crippen LogP contribution < -0.4 is 16.0 Å². The van der Waals surface area contributed by atoms with Gasteiger partial charge in [0.1, 0.15) is 17.2 Å². The fourth-order valence-corrected chi connectivity index (χ4v) is 3.64. The maximum absolute atomic E-state index is 12.4. The molecule has 0 unspecified atom stereocenters. The maximum atomic E-state index is 12.4. The monoisotopic (exact) mass is 454 g/mol. The number of hydrogen-bond acceptors (Lipinski definition) is 7. The van der Waals surface area contributed by atoms with Crippen molar-refractivity contribution in [2.75, 3.05) is 30.4 Å². The second kappa shape index (κ2) is 10.7. The number of aromatic nitrogens is 1. The molecule has 0 radical (unpaired) electrons. The molecule has 1 amide bonds. The van der Waals surface area contributed by atoms with Crippen molar-refractivity contribution in [2.45, 2.75) is 53.2 Å². The minimum Gasteiger partial charge on any atom is -0.460 e. The normalized spacial score (nSPS) is 13.8. The lowest BCUT2D eigenvalue weighted by Gasteiger charge is -2.23. The van der Waals surface area contributed by atoms with Crippen LogP contribution in [0.2, 0.25) is 0 Å². The van der Waals surface area contributed by atoms with Gasteiger partial charge in [0.15, 0.2) is 0 Å². The smallest absolute Gasteiger partial charge is 0.306 e. The first-order chi connectivity index (χ1) is 15.6. The summed E-state index contributed by atoms with van der Waals surface area (Å²) in [6.07, 6.45) is 0.240. The molecule has 33 heavy (non-hydrogen) atoms.